The van der Waals surface area contributed by atoms with E-state index in [9.17, 15) is 0 Å². The van der Waals surface area contributed by atoms with Gasteiger partial charge in [0.25, 0.3) is 0 Å². The van der Waals surface area contributed by atoms with E-state index in [1.54, 1.807) is 37.6 Å². The van der Waals surface area contributed by atoms with Crippen LogP contribution in [0.1, 0.15) is 55.4 Å². The fourth-order valence-corrected chi connectivity index (χ4v) is 5.08. The van der Waals surface area contributed by atoms with Gasteiger partial charge in [0.05, 0.1) is 11.1 Å². The highest BCUT2D eigenvalue weighted by molar-refractivity contribution is 6.13. The number of fused-ring (bicyclic) bond motifs is 4. The third-order valence-corrected chi connectivity index (χ3v) is 6.70. The van der Waals surface area contributed by atoms with E-state index in [1.165, 1.54) is 30.5 Å². The van der Waals surface area contributed by atoms with E-state index < -0.39 is 37.7 Å². The van der Waals surface area contributed by atoms with Gasteiger partial charge in [0, 0.05) is 36.1 Å². The lowest BCUT2D eigenvalue weighted by Gasteiger charge is -2.14. The Morgan fingerprint density at radius 2 is 1.60 bits per heavy atom. The van der Waals surface area contributed by atoms with Gasteiger partial charge in [-0.2, -0.15) is 0 Å². The molecule has 0 N–H and O–H groups in total. The molecule has 0 amide bonds. The summed E-state index contributed by atoms with van der Waals surface area (Å²) in [5.41, 5.74) is 0.977. The zero-order chi connectivity index (χ0) is 33.2. The first-order valence-corrected chi connectivity index (χ1v) is 11.5. The van der Waals surface area contributed by atoms with Gasteiger partial charge in [-0.05, 0) is 78.7 Å². The van der Waals surface area contributed by atoms with Crippen molar-refractivity contribution in [2.45, 2.75) is 47.2 Å². The van der Waals surface area contributed by atoms with Crippen LogP contribution in [-0.4, -0.2) is 0 Å². The number of nitrogens with zero attached hydrogens (tertiary/aromatic N) is 1. The Labute approximate surface area is 220 Å². The molecule has 0 atom stereocenters. The Kier molecular flexibility index (Phi) is 2.92. The summed E-state index contributed by atoms with van der Waals surface area (Å²) in [6.07, 6.45) is -2.70. The van der Waals surface area contributed by atoms with Gasteiger partial charge in [-0.1, -0.05) is 44.2 Å². The van der Waals surface area contributed by atoms with Crippen LogP contribution in [0.4, 0.5) is 4.39 Å². The lowest BCUT2D eigenvalue weighted by molar-refractivity contribution is -0.660. The van der Waals surface area contributed by atoms with E-state index in [0.717, 1.165) is 0 Å². The van der Waals surface area contributed by atoms with E-state index in [1.807, 2.05) is 19.1 Å². The molecule has 0 fully saturated rings. The van der Waals surface area contributed by atoms with Crippen LogP contribution in [0.25, 0.3) is 44.3 Å². The lowest BCUT2D eigenvalue weighted by atomic mass is 9.90. The topological polar surface area (TPSA) is 17.0 Å². The highest BCUT2D eigenvalue weighted by Crippen LogP contribution is 2.43. The number of rotatable bonds is 2. The number of benzene rings is 3. The molecule has 0 saturated heterocycles. The molecule has 0 unspecified atom stereocenters. The standard InChI is InChI=1S/C32H31FNO/c1-18-7-10-24-25-11-12-26(33)29(21-8-9-22-15-32(4,5)16-23(22)14-21)31(25)35-30(24)28(18)27-13-19(2)20(3)17-34(27)6/h7-14,17H,15-16H2,1-6H3/q+1/i2D3,3D3,15D2,16D2. The Morgan fingerprint density at radius 1 is 0.886 bits per heavy atom. The Bertz CT molecular complexity index is 2050. The molecule has 0 saturated carbocycles. The number of hydrogen-bond donors (Lipinski definition) is 0. The van der Waals surface area contributed by atoms with E-state index in [4.69, 9.17) is 18.1 Å². The first kappa shape index (κ1) is 13.6. The predicted molar refractivity (Wildman–Crippen MR) is 141 cm³/mol. The van der Waals surface area contributed by atoms with Crippen LogP contribution < -0.4 is 4.57 Å². The molecular formula is C32H31FNO+. The summed E-state index contributed by atoms with van der Waals surface area (Å²) < 4.78 is 107. The molecule has 6 rings (SSSR count). The van der Waals surface area contributed by atoms with Crippen LogP contribution in [-0.2, 0) is 19.8 Å². The lowest BCUT2D eigenvalue weighted by Crippen LogP contribution is -2.31. The summed E-state index contributed by atoms with van der Waals surface area (Å²) in [6.45, 7) is -0.470. The van der Waals surface area contributed by atoms with Gasteiger partial charge in [-0.25, -0.2) is 8.96 Å². The highest BCUT2D eigenvalue weighted by Gasteiger charge is 2.29. The number of aryl methyl sites for hydroxylation is 4. The summed E-state index contributed by atoms with van der Waals surface area (Å²) in [5.74, 6) is -0.613. The molecule has 0 spiro atoms. The average Bonchev–Trinajstić information content (AvgIpc) is 3.33. The molecule has 1 aliphatic carbocycles. The van der Waals surface area contributed by atoms with Crippen molar-refractivity contribution in [2.75, 3.05) is 0 Å². The SMILES string of the molecule is [2H]C([2H])([2H])c1cc(-c2c(C)ccc3c2oc2c(-c4ccc5c(c4)C([2H])([2H])C(C)(C)C5([2H])[2H])c(F)ccc23)[n+](C)cc1C([2H])([2H])[2H]. The molecule has 1 aliphatic rings. The molecule has 0 bridgehead atoms. The molecule has 35 heavy (non-hydrogen) atoms. The molecule has 2 aromatic heterocycles. The van der Waals surface area contributed by atoms with Crippen molar-refractivity contribution in [1.82, 2.24) is 0 Å². The maximum absolute atomic E-state index is 15.7. The van der Waals surface area contributed by atoms with Crippen molar-refractivity contribution >= 4 is 21.9 Å². The van der Waals surface area contributed by atoms with Gasteiger partial charge in [0.15, 0.2) is 6.20 Å². The zero-order valence-corrected chi connectivity index (χ0v) is 19.9. The van der Waals surface area contributed by atoms with E-state index in [-0.39, 0.29) is 33.4 Å². The van der Waals surface area contributed by atoms with Crippen LogP contribution in [0.15, 0.2) is 59.1 Å². The van der Waals surface area contributed by atoms with Gasteiger partial charge in [0.2, 0.25) is 5.69 Å². The summed E-state index contributed by atoms with van der Waals surface area (Å²) in [5, 5.41) is 1.19. The maximum Gasteiger partial charge on any atom is 0.216 e. The monoisotopic (exact) mass is 474 g/mol. The van der Waals surface area contributed by atoms with Gasteiger partial charge in [-0.3, -0.25) is 0 Å². The van der Waals surface area contributed by atoms with Gasteiger partial charge >= 0.3 is 0 Å². The van der Waals surface area contributed by atoms with E-state index in [0.29, 0.717) is 38.7 Å². The molecule has 2 heterocycles. The molecule has 3 aromatic carbocycles. The van der Waals surface area contributed by atoms with Crippen LogP contribution >= 0.6 is 0 Å². The predicted octanol–water partition coefficient (Wildman–Crippen LogP) is 7.93. The fourth-order valence-electron chi connectivity index (χ4n) is 5.08. The van der Waals surface area contributed by atoms with Crippen LogP contribution in [0, 0.1) is 31.9 Å². The third kappa shape index (κ3) is 3.40. The first-order chi connectivity index (χ1) is 20.6. The Morgan fingerprint density at radius 3 is 2.37 bits per heavy atom. The van der Waals surface area contributed by atoms with Gasteiger partial charge in [-0.15, -0.1) is 0 Å². The number of pyridine rings is 1. The average molecular weight is 475 g/mol. The Hall–Kier alpha value is -3.46. The summed E-state index contributed by atoms with van der Waals surface area (Å²) >= 11 is 0. The zero-order valence-electron chi connectivity index (χ0n) is 29.9. The fraction of sp³-hybridized carbons (Fsp3) is 0.281. The van der Waals surface area contributed by atoms with Gasteiger partial charge < -0.3 is 4.42 Å². The molecule has 176 valence electrons. The van der Waals surface area contributed by atoms with E-state index >= 15 is 4.39 Å². The molecule has 3 heteroatoms. The van der Waals surface area contributed by atoms with Crippen LogP contribution in [0.5, 0.6) is 0 Å². The Balaban J connectivity index is 1.64. The van der Waals surface area contributed by atoms with E-state index in [2.05, 4.69) is 0 Å². The highest BCUT2D eigenvalue weighted by atomic mass is 19.1. The second kappa shape index (κ2) is 7.52. The quantitative estimate of drug-likeness (QED) is 0.237. The van der Waals surface area contributed by atoms with Crippen LogP contribution in [0.2, 0.25) is 0 Å². The van der Waals surface area contributed by atoms with Crippen molar-refractivity contribution in [2.24, 2.45) is 12.5 Å². The summed E-state index contributed by atoms with van der Waals surface area (Å²) in [7, 11) is 1.62. The minimum atomic E-state index is -2.71. The second-order valence-electron chi connectivity index (χ2n) is 9.77. The molecule has 5 aromatic rings. The van der Waals surface area contributed by atoms with Crippen LogP contribution in [0.3, 0.4) is 0 Å². The molecule has 2 nitrogen and oxygen atoms in total. The van der Waals surface area contributed by atoms with Crippen molar-refractivity contribution in [3.8, 4) is 22.4 Å². The minimum absolute atomic E-state index is 0.0847. The van der Waals surface area contributed by atoms with Crippen molar-refractivity contribution in [3.63, 3.8) is 0 Å². The molecular weight excluding hydrogens is 433 g/mol. The minimum Gasteiger partial charge on any atom is -0.454 e. The van der Waals surface area contributed by atoms with Crippen molar-refractivity contribution in [1.29, 1.82) is 0 Å². The van der Waals surface area contributed by atoms with Crippen molar-refractivity contribution < 1.29 is 27.1 Å². The smallest absolute Gasteiger partial charge is 0.216 e. The summed E-state index contributed by atoms with van der Waals surface area (Å²) in [6, 6.07) is 12.5. The third-order valence-electron chi connectivity index (χ3n) is 6.70. The summed E-state index contributed by atoms with van der Waals surface area (Å²) in [4.78, 5) is 0. The number of hydrogen-bond acceptors (Lipinski definition) is 1. The molecule has 0 radical (unpaired) electrons. The largest absolute Gasteiger partial charge is 0.454 e. The second-order valence-corrected chi connectivity index (χ2v) is 9.77. The normalized spacial score (nSPS) is 22.5. The number of halogens is 1. The first-order valence-electron chi connectivity index (χ1n) is 16.5. The molecule has 0 aliphatic heterocycles. The maximum atomic E-state index is 15.7. The van der Waals surface area contributed by atoms with Crippen molar-refractivity contribution in [3.05, 3.63) is 88.4 Å². The number of aromatic nitrogens is 1. The van der Waals surface area contributed by atoms with Gasteiger partial charge in [0.1, 0.15) is 24.0 Å². The number of furan rings is 1.